The van der Waals surface area contributed by atoms with Crippen LogP contribution in [0.1, 0.15) is 215 Å². The van der Waals surface area contributed by atoms with Gasteiger partial charge in [0.15, 0.2) is 6.29 Å². The third-order valence-corrected chi connectivity index (χ3v) is 10.7. The lowest BCUT2D eigenvalue weighted by Crippen LogP contribution is -2.34. The van der Waals surface area contributed by atoms with Gasteiger partial charge in [0.1, 0.15) is 6.61 Å². The van der Waals surface area contributed by atoms with Crippen LogP contribution in [0, 0.1) is 5.92 Å². The number of allylic oxidation sites excluding steroid dienone is 4. The minimum atomic E-state index is -1.20. The van der Waals surface area contributed by atoms with Gasteiger partial charge < -0.3 is 33.3 Å². The zero-order chi connectivity index (χ0) is 44.2. The van der Waals surface area contributed by atoms with Crippen LogP contribution >= 0.6 is 0 Å². The number of esters is 2. The van der Waals surface area contributed by atoms with Crippen LogP contribution in [0.4, 0.5) is 4.79 Å². The predicted molar refractivity (Wildman–Crippen MR) is 246 cm³/mol. The summed E-state index contributed by atoms with van der Waals surface area (Å²) in [5.41, 5.74) is 0. The molecular formula is C50H93NO9. The molecule has 0 aliphatic carbocycles. The van der Waals surface area contributed by atoms with Crippen molar-refractivity contribution in [3.05, 3.63) is 24.3 Å². The van der Waals surface area contributed by atoms with Gasteiger partial charge in [0.05, 0.1) is 18.9 Å². The maximum atomic E-state index is 13.3. The van der Waals surface area contributed by atoms with E-state index >= 15 is 0 Å². The quantitative estimate of drug-likeness (QED) is 0.0254. The van der Waals surface area contributed by atoms with E-state index in [1.165, 1.54) is 77.0 Å². The number of carbonyl (C=O) groups excluding carboxylic acids is 3. The highest BCUT2D eigenvalue weighted by Crippen LogP contribution is 2.17. The molecule has 0 aliphatic heterocycles. The summed E-state index contributed by atoms with van der Waals surface area (Å²) < 4.78 is 34.4. The number of hydrogen-bond donors (Lipinski definition) is 0. The lowest BCUT2D eigenvalue weighted by molar-refractivity contribution is -0.201. The molecule has 0 rings (SSSR count). The maximum Gasteiger partial charge on any atom is 0.508 e. The van der Waals surface area contributed by atoms with Crippen molar-refractivity contribution >= 4 is 18.1 Å². The van der Waals surface area contributed by atoms with Crippen LogP contribution in [-0.4, -0.2) is 81.6 Å². The Kier molecular flexibility index (Phi) is 42.8. The maximum absolute atomic E-state index is 13.3. The van der Waals surface area contributed by atoms with E-state index in [1.54, 1.807) is 6.92 Å². The summed E-state index contributed by atoms with van der Waals surface area (Å²) in [6, 6.07) is 0. The van der Waals surface area contributed by atoms with Crippen molar-refractivity contribution in [3.8, 4) is 0 Å². The van der Waals surface area contributed by atoms with Crippen molar-refractivity contribution in [1.29, 1.82) is 0 Å². The van der Waals surface area contributed by atoms with Gasteiger partial charge in [-0.05, 0) is 70.9 Å². The molecular weight excluding hydrogens is 759 g/mol. The molecule has 0 radical (unpaired) electrons. The number of carbonyl (C=O) groups is 3. The third kappa shape index (κ3) is 38.5. The zero-order valence-corrected chi connectivity index (χ0v) is 39.7. The first kappa shape index (κ1) is 57.6. The van der Waals surface area contributed by atoms with Gasteiger partial charge >= 0.3 is 18.1 Å². The molecule has 0 aliphatic rings. The van der Waals surface area contributed by atoms with Gasteiger partial charge in [-0.25, -0.2) is 4.79 Å². The molecule has 2 atom stereocenters. The highest BCUT2D eigenvalue weighted by atomic mass is 16.7. The molecule has 0 saturated heterocycles. The van der Waals surface area contributed by atoms with Gasteiger partial charge in [0, 0.05) is 32.6 Å². The number of rotatable bonds is 44. The molecule has 0 saturated carbocycles. The van der Waals surface area contributed by atoms with Crippen molar-refractivity contribution < 1.29 is 42.8 Å². The Balaban J connectivity index is 5.08. The molecule has 352 valence electrons. The Labute approximate surface area is 368 Å². The van der Waals surface area contributed by atoms with E-state index in [4.69, 9.17) is 28.4 Å². The van der Waals surface area contributed by atoms with Crippen molar-refractivity contribution in [2.75, 3.05) is 46.1 Å². The fourth-order valence-electron chi connectivity index (χ4n) is 6.66. The number of unbranched alkanes of at least 4 members (excludes halogenated alkanes) is 18. The zero-order valence-electron chi connectivity index (χ0n) is 39.7. The smallest absolute Gasteiger partial charge is 0.434 e. The van der Waals surface area contributed by atoms with Gasteiger partial charge in [-0.15, -0.1) is 0 Å². The van der Waals surface area contributed by atoms with Gasteiger partial charge in [0.25, 0.3) is 6.29 Å². The molecule has 0 bridgehead atoms. The molecule has 0 fully saturated rings. The molecule has 2 unspecified atom stereocenters. The van der Waals surface area contributed by atoms with E-state index in [0.29, 0.717) is 32.5 Å². The van der Waals surface area contributed by atoms with E-state index < -0.39 is 36.6 Å². The van der Waals surface area contributed by atoms with E-state index in [9.17, 15) is 14.4 Å². The first-order chi connectivity index (χ1) is 29.3. The predicted octanol–water partition coefficient (Wildman–Crippen LogP) is 13.6. The minimum absolute atomic E-state index is 0.0405. The highest BCUT2D eigenvalue weighted by molar-refractivity contribution is 5.71. The monoisotopic (exact) mass is 852 g/mol. The lowest BCUT2D eigenvalue weighted by atomic mass is 10.1. The summed E-state index contributed by atoms with van der Waals surface area (Å²) in [6.45, 7) is 16.6. The van der Waals surface area contributed by atoms with Crippen LogP contribution in [0.15, 0.2) is 24.3 Å². The SMILES string of the molecule is CCCCC/C=C/C/C=C/CCCCCCCC(=O)OC(OC(=O)CCC(OCCCCCCCC)OCCCCCCCC)C(C)COC(=O)OCCCN(CC)CC. The Morgan fingerprint density at radius 1 is 0.517 bits per heavy atom. The van der Waals surface area contributed by atoms with Crippen LogP contribution in [-0.2, 0) is 38.0 Å². The summed E-state index contributed by atoms with van der Waals surface area (Å²) in [7, 11) is 0. The second-order valence-corrected chi connectivity index (χ2v) is 16.3. The van der Waals surface area contributed by atoms with Crippen LogP contribution in [0.3, 0.4) is 0 Å². The summed E-state index contributed by atoms with van der Waals surface area (Å²) in [5, 5.41) is 0. The first-order valence-corrected chi connectivity index (χ1v) is 24.7. The third-order valence-electron chi connectivity index (χ3n) is 10.7. The van der Waals surface area contributed by atoms with E-state index in [2.05, 4.69) is 63.8 Å². The van der Waals surface area contributed by atoms with E-state index in [1.807, 2.05) is 0 Å². The molecule has 0 spiro atoms. The number of hydrogen-bond acceptors (Lipinski definition) is 10. The van der Waals surface area contributed by atoms with Crippen LogP contribution < -0.4 is 0 Å². The molecule has 0 aromatic heterocycles. The molecule has 0 N–H and O–H groups in total. The molecule has 0 aromatic rings. The summed E-state index contributed by atoms with van der Waals surface area (Å²) >= 11 is 0. The average Bonchev–Trinajstić information content (AvgIpc) is 3.24. The Morgan fingerprint density at radius 3 is 1.57 bits per heavy atom. The normalized spacial score (nSPS) is 12.8. The number of ether oxygens (including phenoxy) is 6. The van der Waals surface area contributed by atoms with Crippen molar-refractivity contribution in [3.63, 3.8) is 0 Å². The first-order valence-electron chi connectivity index (χ1n) is 24.7. The second kappa shape index (κ2) is 44.6. The summed E-state index contributed by atoms with van der Waals surface area (Å²) in [4.78, 5) is 40.9. The standard InChI is InChI=1S/C50H93NO9/c1-7-12-15-18-21-22-23-24-25-26-27-28-29-30-33-37-46(52)59-49(45(6)44-58-50(54)57-43-36-40-51(10-4)11-5)60-47(53)38-39-48(55-41-34-31-19-16-13-8-2)56-42-35-32-20-17-14-9-3/h21-22,24-25,45,48-49H,7-20,23,26-44H2,1-6H3/b22-21+,25-24+. The van der Waals surface area contributed by atoms with Gasteiger partial charge in [-0.1, -0.05) is 162 Å². The Bertz CT molecular complexity index is 1010. The second-order valence-electron chi connectivity index (χ2n) is 16.3. The van der Waals surface area contributed by atoms with Crippen LogP contribution in [0.5, 0.6) is 0 Å². The molecule has 0 amide bonds. The fourth-order valence-corrected chi connectivity index (χ4v) is 6.66. The highest BCUT2D eigenvalue weighted by Gasteiger charge is 2.28. The average molecular weight is 852 g/mol. The fraction of sp³-hybridized carbons (Fsp3) is 0.860. The Morgan fingerprint density at radius 2 is 1.00 bits per heavy atom. The lowest BCUT2D eigenvalue weighted by Gasteiger charge is -2.24. The van der Waals surface area contributed by atoms with Crippen molar-refractivity contribution in [2.24, 2.45) is 5.92 Å². The molecule has 60 heavy (non-hydrogen) atoms. The van der Waals surface area contributed by atoms with Crippen LogP contribution in [0.2, 0.25) is 0 Å². The van der Waals surface area contributed by atoms with Gasteiger partial charge in [0.2, 0.25) is 0 Å². The minimum Gasteiger partial charge on any atom is -0.434 e. The van der Waals surface area contributed by atoms with E-state index in [-0.39, 0.29) is 26.1 Å². The number of nitrogens with zero attached hydrogens (tertiary/aromatic N) is 1. The topological polar surface area (TPSA) is 110 Å². The van der Waals surface area contributed by atoms with Gasteiger partial charge in [-0.2, -0.15) is 0 Å². The molecule has 10 heteroatoms. The van der Waals surface area contributed by atoms with Crippen molar-refractivity contribution in [2.45, 2.75) is 227 Å². The van der Waals surface area contributed by atoms with Crippen LogP contribution in [0.25, 0.3) is 0 Å². The molecule has 0 heterocycles. The van der Waals surface area contributed by atoms with Crippen molar-refractivity contribution in [1.82, 2.24) is 4.90 Å². The summed E-state index contributed by atoms with van der Waals surface area (Å²) in [6.07, 6.45) is 33.7. The molecule has 10 nitrogen and oxygen atoms in total. The molecule has 0 aromatic carbocycles. The Hall–Kier alpha value is -2.43. The van der Waals surface area contributed by atoms with E-state index in [0.717, 1.165) is 83.8 Å². The largest absolute Gasteiger partial charge is 0.508 e. The summed E-state index contributed by atoms with van der Waals surface area (Å²) in [5.74, 6) is -1.56. The van der Waals surface area contributed by atoms with Gasteiger partial charge in [-0.3, -0.25) is 9.59 Å².